The lowest BCUT2D eigenvalue weighted by Gasteiger charge is -2.30. The molecule has 4 rings (SSSR count). The number of hydrogen-bond acceptors (Lipinski definition) is 8. The quantitative estimate of drug-likeness (QED) is 0.486. The second-order valence-electron chi connectivity index (χ2n) is 7.48. The van der Waals surface area contributed by atoms with E-state index in [2.05, 4.69) is 15.5 Å². The molecule has 1 saturated heterocycles. The molecule has 8 nitrogen and oxygen atoms in total. The highest BCUT2D eigenvalue weighted by atomic mass is 32.2. The van der Waals surface area contributed by atoms with E-state index in [1.807, 2.05) is 30.5 Å². The lowest BCUT2D eigenvalue weighted by atomic mass is 9.97. The summed E-state index contributed by atoms with van der Waals surface area (Å²) in [6.07, 6.45) is 2.86. The summed E-state index contributed by atoms with van der Waals surface area (Å²) in [5, 5.41) is 12.2. The van der Waals surface area contributed by atoms with Gasteiger partial charge in [-0.15, -0.1) is 22.0 Å². The van der Waals surface area contributed by atoms with Crippen LogP contribution in [0.15, 0.2) is 58.3 Å². The molecule has 3 aromatic rings. The molecule has 1 aromatic heterocycles. The maximum atomic E-state index is 12.9. The standard InChI is InChI=1S/C22H24N4O4S3/c1-30-17-5-3-16(4-6-17)21-24-25-22(32-21)23-20(27)15-11-13-26(14-12-15)33(28,29)19-9-7-18(31-2)8-10-19/h3-10,15H,11-14H2,1-2H3,(H,23,25,27). The highest BCUT2D eigenvalue weighted by Gasteiger charge is 2.32. The molecule has 2 heterocycles. The summed E-state index contributed by atoms with van der Waals surface area (Å²) in [6.45, 7) is 0.607. The number of sulfonamides is 1. The zero-order valence-electron chi connectivity index (χ0n) is 18.2. The van der Waals surface area contributed by atoms with Crippen molar-refractivity contribution in [3.05, 3.63) is 48.5 Å². The Hall–Kier alpha value is -2.47. The number of nitrogens with zero attached hydrogens (tertiary/aromatic N) is 3. The number of carbonyl (C=O) groups excluding carboxylic acids is 1. The summed E-state index contributed by atoms with van der Waals surface area (Å²) in [4.78, 5) is 14.0. The summed E-state index contributed by atoms with van der Waals surface area (Å²) in [7, 11) is -1.96. The van der Waals surface area contributed by atoms with Crippen molar-refractivity contribution in [2.24, 2.45) is 5.92 Å². The number of anilines is 1. The van der Waals surface area contributed by atoms with Crippen molar-refractivity contribution in [1.82, 2.24) is 14.5 Å². The van der Waals surface area contributed by atoms with Gasteiger partial charge in [0.05, 0.1) is 12.0 Å². The smallest absolute Gasteiger partial charge is 0.243 e. The number of piperidine rings is 1. The number of carbonyl (C=O) groups is 1. The predicted molar refractivity (Wildman–Crippen MR) is 130 cm³/mol. The fourth-order valence-electron chi connectivity index (χ4n) is 3.59. The highest BCUT2D eigenvalue weighted by Crippen LogP contribution is 2.30. The molecule has 174 valence electrons. The number of amides is 1. The van der Waals surface area contributed by atoms with Gasteiger partial charge in [0, 0.05) is 29.5 Å². The molecular formula is C22H24N4O4S3. The number of thioether (sulfide) groups is 1. The SMILES string of the molecule is COc1ccc(-c2nnc(NC(=O)C3CCN(S(=O)(=O)c4ccc(SC)cc4)CC3)s2)cc1. The van der Waals surface area contributed by atoms with Gasteiger partial charge < -0.3 is 10.1 Å². The van der Waals surface area contributed by atoms with Crippen LogP contribution in [0.25, 0.3) is 10.6 Å². The van der Waals surface area contributed by atoms with E-state index in [4.69, 9.17) is 4.74 Å². The number of nitrogens with one attached hydrogen (secondary N) is 1. The number of rotatable bonds is 7. The Bertz CT molecular complexity index is 1200. The third kappa shape index (κ3) is 5.37. The molecule has 1 N–H and O–H groups in total. The van der Waals surface area contributed by atoms with Gasteiger partial charge in [0.1, 0.15) is 10.8 Å². The van der Waals surface area contributed by atoms with Gasteiger partial charge >= 0.3 is 0 Å². The Labute approximate surface area is 201 Å². The van der Waals surface area contributed by atoms with Gasteiger partial charge in [-0.3, -0.25) is 4.79 Å². The molecule has 0 saturated carbocycles. The summed E-state index contributed by atoms with van der Waals surface area (Å²) < 4.78 is 32.5. The van der Waals surface area contributed by atoms with Crippen molar-refractivity contribution in [2.45, 2.75) is 22.6 Å². The largest absolute Gasteiger partial charge is 0.497 e. The molecule has 0 atom stereocenters. The lowest BCUT2D eigenvalue weighted by molar-refractivity contribution is -0.120. The summed E-state index contributed by atoms with van der Waals surface area (Å²) in [6, 6.07) is 14.3. The summed E-state index contributed by atoms with van der Waals surface area (Å²) in [5.74, 6) is 0.319. The van der Waals surface area contributed by atoms with Gasteiger partial charge in [-0.05, 0) is 67.6 Å². The first-order valence-corrected chi connectivity index (χ1v) is 13.8. The first kappa shape index (κ1) is 23.7. The molecular weight excluding hydrogens is 480 g/mol. The first-order chi connectivity index (χ1) is 15.9. The van der Waals surface area contributed by atoms with E-state index in [1.54, 1.807) is 43.1 Å². The van der Waals surface area contributed by atoms with Crippen molar-refractivity contribution < 1.29 is 17.9 Å². The minimum absolute atomic E-state index is 0.159. The van der Waals surface area contributed by atoms with Crippen molar-refractivity contribution in [2.75, 3.05) is 31.8 Å². The van der Waals surface area contributed by atoms with Crippen LogP contribution in [0.3, 0.4) is 0 Å². The zero-order valence-corrected chi connectivity index (χ0v) is 20.7. The van der Waals surface area contributed by atoms with E-state index in [1.165, 1.54) is 15.6 Å². The predicted octanol–water partition coefficient (Wildman–Crippen LogP) is 3.98. The van der Waals surface area contributed by atoms with Crippen LogP contribution < -0.4 is 10.1 Å². The molecule has 1 aliphatic heterocycles. The third-order valence-corrected chi connectivity index (χ3v) is 9.06. The maximum absolute atomic E-state index is 12.9. The zero-order chi connectivity index (χ0) is 23.4. The van der Waals surface area contributed by atoms with E-state index < -0.39 is 10.0 Å². The van der Waals surface area contributed by atoms with Crippen LogP contribution in [0, 0.1) is 5.92 Å². The molecule has 0 unspecified atom stereocenters. The molecule has 1 amide bonds. The molecule has 1 aliphatic rings. The average molecular weight is 505 g/mol. The van der Waals surface area contributed by atoms with Crippen LogP contribution in [0.2, 0.25) is 0 Å². The Morgan fingerprint density at radius 2 is 1.76 bits per heavy atom. The minimum atomic E-state index is -3.56. The van der Waals surface area contributed by atoms with E-state index in [9.17, 15) is 13.2 Å². The highest BCUT2D eigenvalue weighted by molar-refractivity contribution is 7.98. The Morgan fingerprint density at radius 1 is 1.09 bits per heavy atom. The molecule has 0 spiro atoms. The van der Waals surface area contributed by atoms with E-state index >= 15 is 0 Å². The molecule has 0 radical (unpaired) electrons. The second-order valence-corrected chi connectivity index (χ2v) is 11.3. The van der Waals surface area contributed by atoms with Gasteiger partial charge in [0.25, 0.3) is 0 Å². The van der Waals surface area contributed by atoms with Gasteiger partial charge in [-0.2, -0.15) is 4.31 Å². The molecule has 0 bridgehead atoms. The van der Waals surface area contributed by atoms with Gasteiger partial charge in [-0.25, -0.2) is 8.42 Å². The molecule has 1 fully saturated rings. The van der Waals surface area contributed by atoms with Gasteiger partial charge in [0.15, 0.2) is 0 Å². The first-order valence-electron chi connectivity index (χ1n) is 10.3. The Balaban J connectivity index is 1.34. The van der Waals surface area contributed by atoms with E-state index in [0.717, 1.165) is 16.2 Å². The molecule has 33 heavy (non-hydrogen) atoms. The Kier molecular flexibility index (Phi) is 7.32. The van der Waals surface area contributed by atoms with Gasteiger partial charge in [-0.1, -0.05) is 11.3 Å². The fraction of sp³-hybridized carbons (Fsp3) is 0.318. The average Bonchev–Trinajstić information content (AvgIpc) is 3.32. The molecule has 0 aliphatic carbocycles. The van der Waals surface area contributed by atoms with Crippen molar-refractivity contribution in [3.8, 4) is 16.3 Å². The van der Waals surface area contributed by atoms with Crippen LogP contribution in [0.1, 0.15) is 12.8 Å². The maximum Gasteiger partial charge on any atom is 0.243 e. The minimum Gasteiger partial charge on any atom is -0.497 e. The van der Waals surface area contributed by atoms with E-state index in [-0.39, 0.29) is 16.7 Å². The Morgan fingerprint density at radius 3 is 2.36 bits per heavy atom. The van der Waals surface area contributed by atoms with Crippen molar-refractivity contribution >= 4 is 44.2 Å². The fourth-order valence-corrected chi connectivity index (χ4v) is 6.22. The van der Waals surface area contributed by atoms with Crippen molar-refractivity contribution in [3.63, 3.8) is 0 Å². The lowest BCUT2D eigenvalue weighted by Crippen LogP contribution is -2.41. The third-order valence-electron chi connectivity index (χ3n) is 5.51. The number of benzene rings is 2. The van der Waals surface area contributed by atoms with Crippen LogP contribution in [-0.2, 0) is 14.8 Å². The summed E-state index contributed by atoms with van der Waals surface area (Å²) >= 11 is 2.86. The van der Waals surface area contributed by atoms with E-state index in [0.29, 0.717) is 36.1 Å². The number of hydrogen-bond donors (Lipinski definition) is 1. The summed E-state index contributed by atoms with van der Waals surface area (Å²) in [5.41, 5.74) is 0.887. The second kappa shape index (κ2) is 10.2. The molecule has 2 aromatic carbocycles. The van der Waals surface area contributed by atoms with Crippen LogP contribution in [0.5, 0.6) is 5.75 Å². The monoisotopic (exact) mass is 504 g/mol. The number of ether oxygens (including phenoxy) is 1. The van der Waals surface area contributed by atoms with Crippen molar-refractivity contribution in [1.29, 1.82) is 0 Å². The topological polar surface area (TPSA) is 101 Å². The normalized spacial score (nSPS) is 15.3. The number of methoxy groups -OCH3 is 1. The van der Waals surface area contributed by atoms with Crippen LogP contribution in [-0.4, -0.2) is 55.3 Å². The number of aromatic nitrogens is 2. The molecule has 11 heteroatoms. The van der Waals surface area contributed by atoms with Crippen LogP contribution >= 0.6 is 23.1 Å². The van der Waals surface area contributed by atoms with Gasteiger partial charge in [0.2, 0.25) is 21.1 Å². The van der Waals surface area contributed by atoms with Crippen LogP contribution in [0.4, 0.5) is 5.13 Å².